The smallest absolute Gasteiger partial charge is 0.259 e. The van der Waals surface area contributed by atoms with Crippen molar-refractivity contribution >= 4 is 22.8 Å². The number of benzene rings is 2. The van der Waals surface area contributed by atoms with Gasteiger partial charge < -0.3 is 4.74 Å². The van der Waals surface area contributed by atoms with Gasteiger partial charge in [-0.25, -0.2) is 0 Å². The van der Waals surface area contributed by atoms with Crippen LogP contribution in [0.25, 0.3) is 0 Å². The molecule has 0 unspecified atom stereocenters. The molecular weight excluding hydrogens is 320 g/mol. The van der Waals surface area contributed by atoms with Gasteiger partial charge in [0.25, 0.3) is 5.91 Å². The van der Waals surface area contributed by atoms with Gasteiger partial charge in [-0.05, 0) is 30.2 Å². The van der Waals surface area contributed by atoms with Gasteiger partial charge in [0, 0.05) is 17.9 Å². The standard InChI is InChI=1S/C19H20N2O2S/c1-23-17-10-5-9-16(13-17)18(22)21-11-6-12-24-19(21)20-14-15-7-3-2-4-8-15/h2-5,7-10,13H,6,11-12,14H2,1H3. The molecule has 1 aliphatic rings. The van der Waals surface area contributed by atoms with E-state index in [-0.39, 0.29) is 5.91 Å². The van der Waals surface area contributed by atoms with Gasteiger partial charge in [0.15, 0.2) is 5.17 Å². The quantitative estimate of drug-likeness (QED) is 0.849. The van der Waals surface area contributed by atoms with E-state index in [9.17, 15) is 4.79 Å². The summed E-state index contributed by atoms with van der Waals surface area (Å²) in [5, 5.41) is 0.804. The number of aliphatic imine (C=N–C) groups is 1. The van der Waals surface area contributed by atoms with Crippen LogP contribution < -0.4 is 4.74 Å². The van der Waals surface area contributed by atoms with Gasteiger partial charge in [-0.15, -0.1) is 0 Å². The average molecular weight is 340 g/mol. The summed E-state index contributed by atoms with van der Waals surface area (Å²) in [4.78, 5) is 19.3. The Kier molecular flexibility index (Phi) is 5.54. The summed E-state index contributed by atoms with van der Waals surface area (Å²) in [5.74, 6) is 1.66. The summed E-state index contributed by atoms with van der Waals surface area (Å²) in [7, 11) is 1.60. The van der Waals surface area contributed by atoms with Gasteiger partial charge in [-0.2, -0.15) is 0 Å². The monoisotopic (exact) mass is 340 g/mol. The van der Waals surface area contributed by atoms with Gasteiger partial charge >= 0.3 is 0 Å². The van der Waals surface area contributed by atoms with Crippen LogP contribution in [0.1, 0.15) is 22.3 Å². The number of thioether (sulfide) groups is 1. The molecule has 5 heteroatoms. The van der Waals surface area contributed by atoms with Crippen molar-refractivity contribution in [2.75, 3.05) is 19.4 Å². The van der Waals surface area contributed by atoms with Crippen molar-refractivity contribution in [3.8, 4) is 5.75 Å². The molecule has 1 fully saturated rings. The second kappa shape index (κ2) is 8.02. The summed E-state index contributed by atoms with van der Waals surface area (Å²) in [6, 6.07) is 17.4. The van der Waals surface area contributed by atoms with E-state index in [2.05, 4.69) is 4.99 Å². The summed E-state index contributed by atoms with van der Waals surface area (Å²) in [5.41, 5.74) is 1.77. The molecular formula is C19H20N2O2S. The topological polar surface area (TPSA) is 41.9 Å². The van der Waals surface area contributed by atoms with Crippen molar-refractivity contribution in [3.63, 3.8) is 0 Å². The number of hydrogen-bond donors (Lipinski definition) is 0. The molecule has 0 bridgehead atoms. The number of amidine groups is 1. The number of nitrogens with zero attached hydrogens (tertiary/aromatic N) is 2. The fourth-order valence-corrected chi connectivity index (χ4v) is 3.48. The van der Waals surface area contributed by atoms with Crippen molar-refractivity contribution in [2.45, 2.75) is 13.0 Å². The molecule has 1 heterocycles. The SMILES string of the molecule is COc1cccc(C(=O)N2CCCSC2=NCc2ccccc2)c1. The lowest BCUT2D eigenvalue weighted by molar-refractivity contribution is 0.0848. The van der Waals surface area contributed by atoms with Crippen LogP contribution in [0.2, 0.25) is 0 Å². The van der Waals surface area contributed by atoms with E-state index in [4.69, 9.17) is 4.74 Å². The highest BCUT2D eigenvalue weighted by Crippen LogP contribution is 2.22. The van der Waals surface area contributed by atoms with E-state index in [1.165, 1.54) is 0 Å². The first-order valence-electron chi connectivity index (χ1n) is 7.95. The second-order valence-corrected chi connectivity index (χ2v) is 6.54. The number of ether oxygens (including phenoxy) is 1. The number of methoxy groups -OCH3 is 1. The molecule has 0 aromatic heterocycles. The minimum atomic E-state index is -0.0205. The van der Waals surface area contributed by atoms with E-state index < -0.39 is 0 Å². The van der Waals surface area contributed by atoms with Crippen LogP contribution in [-0.2, 0) is 6.54 Å². The fourth-order valence-electron chi connectivity index (χ4n) is 2.53. The van der Waals surface area contributed by atoms with Crippen molar-refractivity contribution in [2.24, 2.45) is 4.99 Å². The highest BCUT2D eigenvalue weighted by Gasteiger charge is 2.24. The zero-order chi connectivity index (χ0) is 16.8. The molecule has 4 nitrogen and oxygen atoms in total. The van der Waals surface area contributed by atoms with Crippen LogP contribution in [0.3, 0.4) is 0 Å². The van der Waals surface area contributed by atoms with E-state index in [0.717, 1.165) is 22.9 Å². The Labute approximate surface area is 146 Å². The van der Waals surface area contributed by atoms with Gasteiger partial charge in [0.05, 0.1) is 13.7 Å². The lowest BCUT2D eigenvalue weighted by Crippen LogP contribution is -2.39. The number of rotatable bonds is 4. The molecule has 0 radical (unpaired) electrons. The van der Waals surface area contributed by atoms with Gasteiger partial charge in [-0.3, -0.25) is 14.7 Å². The Bertz CT molecular complexity index is 731. The molecule has 1 saturated heterocycles. The molecule has 0 N–H and O–H groups in total. The lowest BCUT2D eigenvalue weighted by atomic mass is 10.2. The molecule has 0 aliphatic carbocycles. The first kappa shape index (κ1) is 16.6. The van der Waals surface area contributed by atoms with Crippen LogP contribution in [0.15, 0.2) is 59.6 Å². The lowest BCUT2D eigenvalue weighted by Gasteiger charge is -2.28. The zero-order valence-corrected chi connectivity index (χ0v) is 14.5. The predicted octanol–water partition coefficient (Wildman–Crippen LogP) is 3.83. The number of amides is 1. The molecule has 2 aromatic carbocycles. The Morgan fingerprint density at radius 2 is 2.04 bits per heavy atom. The second-order valence-electron chi connectivity index (χ2n) is 5.48. The molecule has 0 spiro atoms. The van der Waals surface area contributed by atoms with Crippen molar-refractivity contribution in [1.82, 2.24) is 4.90 Å². The molecule has 0 saturated carbocycles. The third kappa shape index (κ3) is 3.97. The summed E-state index contributed by atoms with van der Waals surface area (Å²) < 4.78 is 5.22. The average Bonchev–Trinajstić information content (AvgIpc) is 2.67. The third-order valence-corrected chi connectivity index (χ3v) is 4.89. The van der Waals surface area contributed by atoms with Crippen LogP contribution in [-0.4, -0.2) is 35.4 Å². The first-order chi connectivity index (χ1) is 11.8. The maximum atomic E-state index is 12.9. The Morgan fingerprint density at radius 3 is 2.83 bits per heavy atom. The minimum absolute atomic E-state index is 0.0205. The number of carbonyl (C=O) groups is 1. The highest BCUT2D eigenvalue weighted by molar-refractivity contribution is 8.13. The molecule has 2 aromatic rings. The molecule has 1 amide bonds. The normalized spacial score (nSPS) is 16.2. The Hall–Kier alpha value is -2.27. The van der Waals surface area contributed by atoms with E-state index >= 15 is 0 Å². The van der Waals surface area contributed by atoms with E-state index in [1.54, 1.807) is 29.8 Å². The largest absolute Gasteiger partial charge is 0.497 e. The maximum absolute atomic E-state index is 12.9. The van der Waals surface area contributed by atoms with E-state index in [1.807, 2.05) is 48.5 Å². The predicted molar refractivity (Wildman–Crippen MR) is 98.7 cm³/mol. The van der Waals surface area contributed by atoms with Crippen molar-refractivity contribution in [1.29, 1.82) is 0 Å². The Balaban J connectivity index is 1.79. The van der Waals surface area contributed by atoms with Crippen LogP contribution in [0.5, 0.6) is 5.75 Å². The summed E-state index contributed by atoms with van der Waals surface area (Å²) in [6.07, 6.45) is 0.977. The third-order valence-electron chi connectivity index (χ3n) is 3.79. The van der Waals surface area contributed by atoms with E-state index in [0.29, 0.717) is 24.4 Å². The fraction of sp³-hybridized carbons (Fsp3) is 0.263. The summed E-state index contributed by atoms with van der Waals surface area (Å²) in [6.45, 7) is 1.29. The van der Waals surface area contributed by atoms with Crippen LogP contribution in [0.4, 0.5) is 0 Å². The van der Waals surface area contributed by atoms with Gasteiger partial charge in [0.2, 0.25) is 0 Å². The minimum Gasteiger partial charge on any atom is -0.497 e. The van der Waals surface area contributed by atoms with Crippen LogP contribution in [0, 0.1) is 0 Å². The molecule has 0 atom stereocenters. The molecule has 1 aliphatic heterocycles. The highest BCUT2D eigenvalue weighted by atomic mass is 32.2. The van der Waals surface area contributed by atoms with Crippen molar-refractivity contribution in [3.05, 3.63) is 65.7 Å². The van der Waals surface area contributed by atoms with Crippen LogP contribution >= 0.6 is 11.8 Å². The molecule has 3 rings (SSSR count). The number of carbonyl (C=O) groups excluding carboxylic acids is 1. The zero-order valence-electron chi connectivity index (χ0n) is 13.6. The molecule has 24 heavy (non-hydrogen) atoms. The summed E-state index contributed by atoms with van der Waals surface area (Å²) >= 11 is 1.65. The molecule has 124 valence electrons. The van der Waals surface area contributed by atoms with Gasteiger partial charge in [0.1, 0.15) is 5.75 Å². The first-order valence-corrected chi connectivity index (χ1v) is 8.93. The van der Waals surface area contributed by atoms with Gasteiger partial charge in [-0.1, -0.05) is 48.2 Å². The van der Waals surface area contributed by atoms with Crippen molar-refractivity contribution < 1.29 is 9.53 Å². The Morgan fingerprint density at radius 1 is 1.21 bits per heavy atom. The maximum Gasteiger partial charge on any atom is 0.259 e. The number of hydrogen-bond acceptors (Lipinski definition) is 4.